The lowest BCUT2D eigenvalue weighted by molar-refractivity contribution is 0.0697. The second-order valence-electron chi connectivity index (χ2n) is 4.81. The molecule has 0 radical (unpaired) electrons. The Kier molecular flexibility index (Phi) is 3.43. The van der Waals surface area contributed by atoms with Gasteiger partial charge in [-0.15, -0.1) is 0 Å². The summed E-state index contributed by atoms with van der Waals surface area (Å²) < 4.78 is 3.00. The summed E-state index contributed by atoms with van der Waals surface area (Å²) in [6.07, 6.45) is 1.96. The number of hydrogen-bond donors (Lipinski definition) is 2. The first-order valence-corrected chi connectivity index (χ1v) is 7.21. The Morgan fingerprint density at radius 2 is 1.95 bits per heavy atom. The van der Waals surface area contributed by atoms with E-state index in [1.54, 1.807) is 18.2 Å². The van der Waals surface area contributed by atoms with Gasteiger partial charge in [0, 0.05) is 33.8 Å². The van der Waals surface area contributed by atoms with Crippen LogP contribution in [-0.4, -0.2) is 15.6 Å². The highest BCUT2D eigenvalue weighted by Gasteiger charge is 2.15. The van der Waals surface area contributed by atoms with Crippen molar-refractivity contribution >= 4 is 38.5 Å². The van der Waals surface area contributed by atoms with E-state index >= 15 is 0 Å². The number of nitrogens with two attached hydrogens (primary N) is 1. The van der Waals surface area contributed by atoms with Crippen LogP contribution in [0.5, 0.6) is 0 Å². The number of carboxylic acid groups (broad SMARTS) is 1. The normalized spacial score (nSPS) is 10.9. The van der Waals surface area contributed by atoms with Crippen molar-refractivity contribution in [3.63, 3.8) is 0 Å². The van der Waals surface area contributed by atoms with Crippen LogP contribution in [0.2, 0.25) is 0 Å². The zero-order valence-corrected chi connectivity index (χ0v) is 12.7. The van der Waals surface area contributed by atoms with E-state index in [2.05, 4.69) is 15.9 Å². The SMILES string of the molecule is Nc1cccc(Cn2cc(Br)c3ccccc32)c1C(=O)O. The fourth-order valence-electron chi connectivity index (χ4n) is 2.53. The molecule has 1 heterocycles. The molecule has 3 rings (SSSR count). The van der Waals surface area contributed by atoms with Crippen molar-refractivity contribution in [2.75, 3.05) is 5.73 Å². The molecule has 0 bridgehead atoms. The number of aromatic nitrogens is 1. The van der Waals surface area contributed by atoms with Gasteiger partial charge < -0.3 is 15.4 Å². The maximum atomic E-state index is 11.4. The molecule has 0 saturated carbocycles. The molecule has 3 aromatic rings. The van der Waals surface area contributed by atoms with Gasteiger partial charge >= 0.3 is 5.97 Å². The lowest BCUT2D eigenvalue weighted by Crippen LogP contribution is -2.09. The zero-order valence-electron chi connectivity index (χ0n) is 11.1. The molecule has 4 nitrogen and oxygen atoms in total. The molecule has 0 aliphatic heterocycles. The van der Waals surface area contributed by atoms with Gasteiger partial charge in [0.2, 0.25) is 0 Å². The maximum Gasteiger partial charge on any atom is 0.338 e. The summed E-state index contributed by atoms with van der Waals surface area (Å²) in [4.78, 5) is 11.4. The van der Waals surface area contributed by atoms with Crippen LogP contribution in [0.25, 0.3) is 10.9 Å². The van der Waals surface area contributed by atoms with Gasteiger partial charge in [-0.3, -0.25) is 0 Å². The van der Waals surface area contributed by atoms with Gasteiger partial charge in [-0.1, -0.05) is 30.3 Å². The molecule has 0 aliphatic rings. The van der Waals surface area contributed by atoms with Crippen molar-refractivity contribution in [3.05, 3.63) is 64.3 Å². The fourth-order valence-corrected chi connectivity index (χ4v) is 3.11. The molecule has 0 unspecified atom stereocenters. The molecule has 5 heteroatoms. The summed E-state index contributed by atoms with van der Waals surface area (Å²) in [7, 11) is 0. The van der Waals surface area contributed by atoms with Gasteiger partial charge in [0.25, 0.3) is 0 Å². The second kappa shape index (κ2) is 5.26. The molecule has 1 aromatic heterocycles. The Balaban J connectivity index is 2.12. The maximum absolute atomic E-state index is 11.4. The third-order valence-corrected chi connectivity index (χ3v) is 4.11. The van der Waals surface area contributed by atoms with Crippen LogP contribution in [0.15, 0.2) is 53.1 Å². The Morgan fingerprint density at radius 3 is 2.71 bits per heavy atom. The van der Waals surface area contributed by atoms with Gasteiger partial charge in [0.05, 0.1) is 5.56 Å². The number of rotatable bonds is 3. The molecule has 0 atom stereocenters. The number of para-hydroxylation sites is 1. The van der Waals surface area contributed by atoms with E-state index in [0.717, 1.165) is 15.4 Å². The molecule has 21 heavy (non-hydrogen) atoms. The minimum absolute atomic E-state index is 0.173. The molecule has 0 saturated heterocycles. The highest BCUT2D eigenvalue weighted by Crippen LogP contribution is 2.27. The molecule has 0 fully saturated rings. The van der Waals surface area contributed by atoms with Crippen LogP contribution in [0.1, 0.15) is 15.9 Å². The smallest absolute Gasteiger partial charge is 0.338 e. The molecule has 0 amide bonds. The number of carbonyl (C=O) groups is 1. The lowest BCUT2D eigenvalue weighted by Gasteiger charge is -2.10. The van der Waals surface area contributed by atoms with E-state index in [-0.39, 0.29) is 11.3 Å². The van der Waals surface area contributed by atoms with Crippen LogP contribution < -0.4 is 5.73 Å². The first-order valence-electron chi connectivity index (χ1n) is 6.42. The standard InChI is InChI=1S/C16H13BrN2O2/c17-12-9-19(14-7-2-1-5-11(12)14)8-10-4-3-6-13(18)15(10)16(20)21/h1-7,9H,8,18H2,(H,20,21). The van der Waals surface area contributed by atoms with Crippen molar-refractivity contribution in [3.8, 4) is 0 Å². The number of carboxylic acids is 1. The largest absolute Gasteiger partial charge is 0.478 e. The zero-order chi connectivity index (χ0) is 15.0. The number of anilines is 1. The minimum Gasteiger partial charge on any atom is -0.478 e. The Bertz CT molecular complexity index is 839. The third-order valence-electron chi connectivity index (χ3n) is 3.48. The first-order chi connectivity index (χ1) is 10.1. The first kappa shape index (κ1) is 13.7. The summed E-state index contributed by atoms with van der Waals surface area (Å²) in [6.45, 7) is 0.457. The van der Waals surface area contributed by atoms with Crippen LogP contribution in [0, 0.1) is 0 Å². The van der Waals surface area contributed by atoms with E-state index in [9.17, 15) is 9.90 Å². The van der Waals surface area contributed by atoms with Gasteiger partial charge in [0.15, 0.2) is 0 Å². The molecule has 0 aliphatic carbocycles. The molecule has 2 aromatic carbocycles. The average molecular weight is 345 g/mol. The number of fused-ring (bicyclic) bond motifs is 1. The quantitative estimate of drug-likeness (QED) is 0.711. The van der Waals surface area contributed by atoms with Gasteiger partial charge in [0.1, 0.15) is 0 Å². The molecule has 3 N–H and O–H groups in total. The summed E-state index contributed by atoms with van der Waals surface area (Å²) in [5.41, 5.74) is 7.99. The third kappa shape index (κ3) is 2.40. The van der Waals surface area contributed by atoms with Crippen molar-refractivity contribution in [1.82, 2.24) is 4.57 Å². The van der Waals surface area contributed by atoms with Crippen LogP contribution in [0.4, 0.5) is 5.69 Å². The van der Waals surface area contributed by atoms with Crippen LogP contribution in [-0.2, 0) is 6.54 Å². The van der Waals surface area contributed by atoms with E-state index in [4.69, 9.17) is 5.73 Å². The summed E-state index contributed by atoms with van der Waals surface area (Å²) in [5.74, 6) is -1.00. The predicted octanol–water partition coefficient (Wildman–Crippen LogP) is 3.73. The Morgan fingerprint density at radius 1 is 1.19 bits per heavy atom. The van der Waals surface area contributed by atoms with E-state index in [1.165, 1.54) is 0 Å². The summed E-state index contributed by atoms with van der Waals surface area (Å²) in [5, 5.41) is 10.4. The van der Waals surface area contributed by atoms with Crippen molar-refractivity contribution in [1.29, 1.82) is 0 Å². The number of nitrogen functional groups attached to an aromatic ring is 1. The van der Waals surface area contributed by atoms with Gasteiger partial charge in [-0.05, 0) is 33.6 Å². The molecule has 106 valence electrons. The lowest BCUT2D eigenvalue weighted by atomic mass is 10.1. The Labute approximate surface area is 129 Å². The van der Waals surface area contributed by atoms with E-state index < -0.39 is 5.97 Å². The number of hydrogen-bond acceptors (Lipinski definition) is 2. The molecule has 0 spiro atoms. The molecular formula is C16H13BrN2O2. The van der Waals surface area contributed by atoms with Gasteiger partial charge in [-0.25, -0.2) is 4.79 Å². The van der Waals surface area contributed by atoms with Crippen molar-refractivity contribution < 1.29 is 9.90 Å². The second-order valence-corrected chi connectivity index (χ2v) is 5.66. The molecular weight excluding hydrogens is 332 g/mol. The topological polar surface area (TPSA) is 68.2 Å². The minimum atomic E-state index is -1.00. The number of benzene rings is 2. The number of nitrogens with zero attached hydrogens (tertiary/aromatic N) is 1. The van der Waals surface area contributed by atoms with Crippen molar-refractivity contribution in [2.24, 2.45) is 0 Å². The van der Waals surface area contributed by atoms with Crippen LogP contribution in [0.3, 0.4) is 0 Å². The van der Waals surface area contributed by atoms with Crippen molar-refractivity contribution in [2.45, 2.75) is 6.54 Å². The summed E-state index contributed by atoms with van der Waals surface area (Å²) >= 11 is 3.53. The number of aromatic carboxylic acids is 1. The highest BCUT2D eigenvalue weighted by molar-refractivity contribution is 9.10. The predicted molar refractivity (Wildman–Crippen MR) is 86.6 cm³/mol. The summed E-state index contributed by atoms with van der Waals surface area (Å²) in [6, 6.07) is 13.1. The van der Waals surface area contributed by atoms with E-state index in [0.29, 0.717) is 12.1 Å². The highest BCUT2D eigenvalue weighted by atomic mass is 79.9. The fraction of sp³-hybridized carbons (Fsp3) is 0.0625. The van der Waals surface area contributed by atoms with Crippen LogP contribution >= 0.6 is 15.9 Å². The van der Waals surface area contributed by atoms with Gasteiger partial charge in [-0.2, -0.15) is 0 Å². The average Bonchev–Trinajstić information content (AvgIpc) is 2.76. The number of halogens is 1. The Hall–Kier alpha value is -2.27. The monoisotopic (exact) mass is 344 g/mol. The van der Waals surface area contributed by atoms with E-state index in [1.807, 2.05) is 35.0 Å².